The molecule has 1 unspecified atom stereocenters. The number of imidazole rings is 1. The fraction of sp³-hybridized carbons (Fsp3) is 0.111. The number of ether oxygens (including phenoxy) is 1. The summed E-state index contributed by atoms with van der Waals surface area (Å²) in [5.74, 6) is 0.523. The van der Waals surface area contributed by atoms with Crippen LogP contribution in [0.3, 0.4) is 0 Å². The number of hydrogen-bond acceptors (Lipinski definition) is 2. The molecule has 7 aromatic carbocycles. The topological polar surface area (TPSA) is 35.9 Å². The molecule has 0 fully saturated rings. The summed E-state index contributed by atoms with van der Waals surface area (Å²) in [5, 5.41) is 1.66. The Morgan fingerprint density at radius 1 is 0.683 bits per heavy atom. The molecule has 5 nitrogen and oxygen atoms in total. The van der Waals surface area contributed by atoms with Gasteiger partial charge in [-0.15, -0.1) is 29.7 Å². The fourth-order valence-corrected chi connectivity index (χ4v) is 7.34. The second kappa shape index (κ2) is 15.9. The van der Waals surface area contributed by atoms with Gasteiger partial charge >= 0.3 is 0 Å². The maximum absolute atomic E-state index is 9.45. The number of benzene rings is 7. The molecule has 0 aliphatic carbocycles. The number of fused-ring (bicyclic) bond motifs is 4. The van der Waals surface area contributed by atoms with E-state index in [1.165, 1.54) is 0 Å². The molecule has 6 heteroatoms. The first-order valence-electron chi connectivity index (χ1n) is 25.6. The van der Waals surface area contributed by atoms with Gasteiger partial charge < -0.3 is 13.9 Å². The molecule has 296 valence electrons. The first-order chi connectivity index (χ1) is 34.2. The van der Waals surface area contributed by atoms with Crippen molar-refractivity contribution in [2.24, 2.45) is 5.41 Å². The Balaban J connectivity index is 0.00000656. The largest absolute Gasteiger partial charge is 0.510 e. The van der Waals surface area contributed by atoms with Gasteiger partial charge in [-0.05, 0) is 68.4 Å². The van der Waals surface area contributed by atoms with Crippen LogP contribution in [0.15, 0.2) is 176 Å². The van der Waals surface area contributed by atoms with Crippen molar-refractivity contribution in [2.75, 3.05) is 0 Å². The Hall–Kier alpha value is -6.55. The van der Waals surface area contributed by atoms with E-state index in [0.717, 1.165) is 16.3 Å². The monoisotopic (exact) mass is 970 g/mol. The predicted octanol–water partition coefficient (Wildman–Crippen LogP) is 13.1. The van der Waals surface area contributed by atoms with E-state index in [9.17, 15) is 1.37 Å². The summed E-state index contributed by atoms with van der Waals surface area (Å²) in [6.07, 6.45) is 3.13. The van der Waals surface area contributed by atoms with Gasteiger partial charge in [-0.2, -0.15) is 18.2 Å². The molecule has 0 bridgehead atoms. The van der Waals surface area contributed by atoms with Crippen molar-refractivity contribution in [3.63, 3.8) is 0 Å². The molecule has 0 aliphatic heterocycles. The number of hydrogen-bond donors (Lipinski definition) is 0. The van der Waals surface area contributed by atoms with Crippen molar-refractivity contribution in [2.45, 2.75) is 33.6 Å². The van der Waals surface area contributed by atoms with E-state index in [0.29, 0.717) is 33.6 Å². The van der Waals surface area contributed by atoms with Crippen molar-refractivity contribution in [3.8, 4) is 50.9 Å². The standard InChI is InChI=1S/C54H42N4O.Pt/c1-37(54(2,3)4)40-31-32-55-52(33-40)58-48-26-12-11-23-46(48)47-30-29-43(35-51(47)58)59-42-22-15-21-41(34-42)56-36-57(50-28-14-13-27-49(50)56)53-44(38-17-7-5-8-18-38)24-16-25-45(53)39-19-9-6-10-20-39;/h5-33,37H,1-4H3;/q-2;/i5D,6D,7D,8D,9D,10D,17D,18D,19D,20D,31D,32D,33D;. The van der Waals surface area contributed by atoms with Crippen molar-refractivity contribution in [1.82, 2.24) is 14.1 Å². The van der Waals surface area contributed by atoms with E-state index in [-0.39, 0.29) is 90.2 Å². The van der Waals surface area contributed by atoms with Gasteiger partial charge in [0.05, 0.1) is 34.5 Å². The van der Waals surface area contributed by atoms with Crippen LogP contribution in [0.1, 0.15) is 57.0 Å². The van der Waals surface area contributed by atoms with Gasteiger partial charge in [0.25, 0.3) is 6.33 Å². The second-order valence-electron chi connectivity index (χ2n) is 15.2. The molecule has 10 rings (SSSR count). The molecule has 60 heavy (non-hydrogen) atoms. The third kappa shape index (κ3) is 7.03. The van der Waals surface area contributed by atoms with Crippen molar-refractivity contribution < 1.29 is 48.2 Å². The maximum atomic E-state index is 9.45. The number of aromatic nitrogens is 4. The average molecular weight is 971 g/mol. The summed E-state index contributed by atoms with van der Waals surface area (Å²) in [6.45, 7) is 8.07. The summed E-state index contributed by atoms with van der Waals surface area (Å²) in [5.41, 5.74) is 2.92. The molecule has 0 radical (unpaired) electrons. The average Bonchev–Trinajstić information content (AvgIpc) is 3.91. The number of nitrogens with zero attached hydrogens (tertiary/aromatic N) is 4. The summed E-state index contributed by atoms with van der Waals surface area (Å²) in [4.78, 5) is 4.53. The minimum Gasteiger partial charge on any atom is -0.510 e. The smallest absolute Gasteiger partial charge is 0.268 e. The van der Waals surface area contributed by atoms with Crippen LogP contribution in [0.4, 0.5) is 0 Å². The number of para-hydroxylation sites is 4. The Kier molecular flexibility index (Phi) is 7.03. The van der Waals surface area contributed by atoms with E-state index in [1.54, 1.807) is 68.3 Å². The van der Waals surface area contributed by atoms with Crippen LogP contribution in [0, 0.1) is 23.9 Å². The minimum absolute atomic E-state index is 0. The first kappa shape index (κ1) is 26.5. The van der Waals surface area contributed by atoms with Crippen LogP contribution >= 0.6 is 0 Å². The molecule has 3 aromatic heterocycles. The van der Waals surface area contributed by atoms with Gasteiger partial charge in [-0.25, -0.2) is 4.98 Å². The van der Waals surface area contributed by atoms with Crippen LogP contribution in [-0.4, -0.2) is 14.1 Å². The van der Waals surface area contributed by atoms with Crippen molar-refractivity contribution in [1.29, 1.82) is 0 Å². The van der Waals surface area contributed by atoms with E-state index >= 15 is 0 Å². The van der Waals surface area contributed by atoms with E-state index in [2.05, 4.69) is 23.4 Å². The zero-order valence-corrected chi connectivity index (χ0v) is 35.1. The molecule has 0 N–H and O–H groups in total. The molecule has 1 atom stereocenters. The van der Waals surface area contributed by atoms with Gasteiger partial charge in [-0.3, -0.25) is 4.57 Å². The second-order valence-corrected chi connectivity index (χ2v) is 15.2. The predicted molar refractivity (Wildman–Crippen MR) is 239 cm³/mol. The Morgan fingerprint density at radius 2 is 1.33 bits per heavy atom. The zero-order chi connectivity index (χ0) is 51.4. The third-order valence-electron chi connectivity index (χ3n) is 10.7. The van der Waals surface area contributed by atoms with Gasteiger partial charge in [0.15, 0.2) is 0 Å². The summed E-state index contributed by atoms with van der Waals surface area (Å²) >= 11 is 0. The molecular formula is C54H42N4OPt-2. The van der Waals surface area contributed by atoms with Gasteiger partial charge in [-0.1, -0.05) is 154 Å². The Labute approximate surface area is 383 Å². The Bertz CT molecular complexity index is 3780. The van der Waals surface area contributed by atoms with Crippen LogP contribution in [0.2, 0.25) is 0 Å². The fourth-order valence-electron chi connectivity index (χ4n) is 7.34. The van der Waals surface area contributed by atoms with E-state index < -0.39 is 60.4 Å². The zero-order valence-electron chi connectivity index (χ0n) is 45.8. The molecule has 0 aliphatic rings. The number of rotatable bonds is 8. The van der Waals surface area contributed by atoms with Crippen molar-refractivity contribution >= 4 is 32.8 Å². The van der Waals surface area contributed by atoms with E-state index in [4.69, 9.17) is 21.2 Å². The molecule has 0 saturated heterocycles. The van der Waals surface area contributed by atoms with Crippen LogP contribution in [0.25, 0.3) is 72.3 Å². The third-order valence-corrected chi connectivity index (χ3v) is 10.7. The normalized spacial score (nSPS) is 15.2. The van der Waals surface area contributed by atoms with Crippen molar-refractivity contribution in [3.05, 3.63) is 200 Å². The summed E-state index contributed by atoms with van der Waals surface area (Å²) in [6, 6.07) is 29.7. The quantitative estimate of drug-likeness (QED) is 0.112. The van der Waals surface area contributed by atoms with Crippen LogP contribution in [0.5, 0.6) is 11.5 Å². The number of pyridine rings is 1. The summed E-state index contributed by atoms with van der Waals surface area (Å²) in [7, 11) is 0. The maximum Gasteiger partial charge on any atom is 0.268 e. The van der Waals surface area contributed by atoms with Gasteiger partial charge in [0.2, 0.25) is 0 Å². The minimum atomic E-state index is -0.591. The SMILES string of the molecule is [2H]c1nc(-n2c3[c-]c(Oc4[c-]c(-n5[c-][n+](-c6c(-c7c([2H])c([2H])c([2H])c([2H])c7[2H])cccc6-c6c([2H])c([2H])c([2H])c([2H])c6[2H])c6ccccc65)ccc4)ccc3c3ccccc32)c([2H])c(C(C)C(C)(C)C)c1[2H].[Pt]. The molecule has 3 heterocycles. The summed E-state index contributed by atoms with van der Waals surface area (Å²) < 4.78 is 125. The molecule has 0 saturated carbocycles. The first-order valence-corrected chi connectivity index (χ1v) is 19.1. The van der Waals surface area contributed by atoms with E-state index in [1.807, 2.05) is 70.2 Å². The Morgan fingerprint density at radius 3 is 2.05 bits per heavy atom. The molecular weight excluding hydrogens is 916 g/mol. The molecule has 10 aromatic rings. The molecule has 0 amide bonds. The van der Waals surface area contributed by atoms with Crippen LogP contribution in [-0.2, 0) is 21.1 Å². The van der Waals surface area contributed by atoms with Crippen LogP contribution < -0.4 is 9.30 Å². The van der Waals surface area contributed by atoms with Gasteiger partial charge in [0, 0.05) is 44.3 Å². The molecule has 0 spiro atoms. The van der Waals surface area contributed by atoms with Gasteiger partial charge in [0.1, 0.15) is 5.82 Å².